The number of amides is 1. The first-order valence-corrected chi connectivity index (χ1v) is 7.96. The summed E-state index contributed by atoms with van der Waals surface area (Å²) in [7, 11) is 3.18. The Morgan fingerprint density at radius 3 is 2.35 bits per heavy atom. The average Bonchev–Trinajstić information content (AvgIpc) is 3.05. The van der Waals surface area contributed by atoms with Crippen LogP contribution in [0.4, 0.5) is 0 Å². The van der Waals surface area contributed by atoms with Gasteiger partial charge in [0.05, 0.1) is 24.0 Å². The third-order valence-corrected chi connectivity index (χ3v) is 4.51. The number of thiophene rings is 1. The molecule has 6 heteroatoms. The number of carbonyl (C=O) groups excluding carboxylic acids is 2. The molecule has 0 fully saturated rings. The average molecular weight is 333 g/mol. The molecule has 0 saturated heterocycles. The Labute approximate surface area is 139 Å². The molecule has 0 radical (unpaired) electrons. The highest BCUT2D eigenvalue weighted by atomic mass is 32.1. The zero-order valence-electron chi connectivity index (χ0n) is 13.3. The SMILES string of the molecule is COc1ccc(CCNC(=O)c2ccc(C(C)=O)s2)cc1OC. The normalized spacial score (nSPS) is 10.2. The minimum Gasteiger partial charge on any atom is -0.493 e. The Morgan fingerprint density at radius 2 is 1.74 bits per heavy atom. The van der Waals surface area contributed by atoms with Crippen molar-refractivity contribution in [3.8, 4) is 11.5 Å². The molecule has 0 saturated carbocycles. The van der Waals surface area contributed by atoms with Crippen LogP contribution in [0.3, 0.4) is 0 Å². The van der Waals surface area contributed by atoms with Gasteiger partial charge in [-0.05, 0) is 43.2 Å². The molecule has 0 aliphatic rings. The number of ether oxygens (including phenoxy) is 2. The number of nitrogens with one attached hydrogen (secondary N) is 1. The smallest absolute Gasteiger partial charge is 0.261 e. The predicted molar refractivity (Wildman–Crippen MR) is 89.9 cm³/mol. The Balaban J connectivity index is 1.91. The number of methoxy groups -OCH3 is 2. The van der Waals surface area contributed by atoms with E-state index in [2.05, 4.69) is 5.32 Å². The quantitative estimate of drug-likeness (QED) is 0.791. The van der Waals surface area contributed by atoms with E-state index < -0.39 is 0 Å². The van der Waals surface area contributed by atoms with E-state index in [-0.39, 0.29) is 11.7 Å². The molecule has 1 amide bonds. The summed E-state index contributed by atoms with van der Waals surface area (Å²) in [6, 6.07) is 9.02. The molecule has 0 spiro atoms. The van der Waals surface area contributed by atoms with Crippen molar-refractivity contribution >= 4 is 23.0 Å². The fourth-order valence-corrected chi connectivity index (χ4v) is 2.91. The molecule has 0 bridgehead atoms. The van der Waals surface area contributed by atoms with Crippen molar-refractivity contribution in [3.05, 3.63) is 45.6 Å². The summed E-state index contributed by atoms with van der Waals surface area (Å²) in [6.07, 6.45) is 0.678. The van der Waals surface area contributed by atoms with Gasteiger partial charge in [0, 0.05) is 6.54 Å². The number of ketones is 1. The van der Waals surface area contributed by atoms with E-state index in [1.165, 1.54) is 18.3 Å². The zero-order valence-corrected chi connectivity index (χ0v) is 14.2. The van der Waals surface area contributed by atoms with Crippen LogP contribution < -0.4 is 14.8 Å². The number of hydrogen-bond acceptors (Lipinski definition) is 5. The number of rotatable bonds is 7. The van der Waals surface area contributed by atoms with Crippen LogP contribution >= 0.6 is 11.3 Å². The van der Waals surface area contributed by atoms with E-state index in [4.69, 9.17) is 9.47 Å². The highest BCUT2D eigenvalue weighted by molar-refractivity contribution is 7.15. The second-order valence-electron chi connectivity index (χ2n) is 4.92. The Morgan fingerprint density at radius 1 is 1.04 bits per heavy atom. The van der Waals surface area contributed by atoms with Gasteiger partial charge in [-0.25, -0.2) is 0 Å². The molecule has 2 aromatic rings. The fourth-order valence-electron chi connectivity index (χ4n) is 2.09. The van der Waals surface area contributed by atoms with E-state index in [9.17, 15) is 9.59 Å². The van der Waals surface area contributed by atoms with Gasteiger partial charge in [0.1, 0.15) is 0 Å². The van der Waals surface area contributed by atoms with E-state index >= 15 is 0 Å². The first-order chi connectivity index (χ1) is 11.0. The topological polar surface area (TPSA) is 64.6 Å². The molecule has 0 unspecified atom stereocenters. The highest BCUT2D eigenvalue weighted by Crippen LogP contribution is 2.27. The largest absolute Gasteiger partial charge is 0.493 e. The van der Waals surface area contributed by atoms with Crippen LogP contribution in [-0.4, -0.2) is 32.5 Å². The molecule has 2 rings (SSSR count). The van der Waals surface area contributed by atoms with Gasteiger partial charge < -0.3 is 14.8 Å². The summed E-state index contributed by atoms with van der Waals surface area (Å²) in [6.45, 7) is 1.99. The third kappa shape index (κ3) is 4.32. The third-order valence-electron chi connectivity index (χ3n) is 3.32. The van der Waals surface area contributed by atoms with Crippen molar-refractivity contribution in [3.63, 3.8) is 0 Å². The summed E-state index contributed by atoms with van der Waals surface area (Å²) in [4.78, 5) is 24.4. The summed E-state index contributed by atoms with van der Waals surface area (Å²) in [5, 5.41) is 2.85. The lowest BCUT2D eigenvalue weighted by atomic mass is 10.1. The van der Waals surface area contributed by atoms with Crippen molar-refractivity contribution in [2.75, 3.05) is 20.8 Å². The van der Waals surface area contributed by atoms with E-state index in [0.29, 0.717) is 34.2 Å². The van der Waals surface area contributed by atoms with Crippen molar-refractivity contribution in [2.45, 2.75) is 13.3 Å². The second kappa shape index (κ2) is 7.78. The summed E-state index contributed by atoms with van der Waals surface area (Å²) in [5.74, 6) is 1.15. The summed E-state index contributed by atoms with van der Waals surface area (Å²) in [5.41, 5.74) is 1.04. The van der Waals surface area contributed by atoms with Crippen LogP contribution in [0.15, 0.2) is 30.3 Å². The number of benzene rings is 1. The molecular weight excluding hydrogens is 314 g/mol. The molecule has 5 nitrogen and oxygen atoms in total. The zero-order chi connectivity index (χ0) is 16.8. The lowest BCUT2D eigenvalue weighted by Crippen LogP contribution is -2.24. The monoisotopic (exact) mass is 333 g/mol. The van der Waals surface area contributed by atoms with Gasteiger partial charge in [0.25, 0.3) is 5.91 Å². The van der Waals surface area contributed by atoms with Gasteiger partial charge >= 0.3 is 0 Å². The molecule has 1 aromatic carbocycles. The van der Waals surface area contributed by atoms with Crippen LogP contribution in [-0.2, 0) is 6.42 Å². The van der Waals surface area contributed by atoms with Gasteiger partial charge in [0.2, 0.25) is 0 Å². The van der Waals surface area contributed by atoms with Gasteiger partial charge in [-0.2, -0.15) is 0 Å². The minimum absolute atomic E-state index is 0.0284. The molecule has 0 atom stereocenters. The number of Topliss-reactive ketones (excluding diaryl/α,β-unsaturated/α-hetero) is 1. The minimum atomic E-state index is -0.164. The molecular formula is C17H19NO4S. The first kappa shape index (κ1) is 17.0. The maximum atomic E-state index is 12.0. The maximum Gasteiger partial charge on any atom is 0.261 e. The fraction of sp³-hybridized carbons (Fsp3) is 0.294. The number of carbonyl (C=O) groups is 2. The summed E-state index contributed by atoms with van der Waals surface area (Å²) < 4.78 is 10.4. The first-order valence-electron chi connectivity index (χ1n) is 7.15. The lowest BCUT2D eigenvalue weighted by molar-refractivity contribution is 0.0957. The van der Waals surface area contributed by atoms with Crippen LogP contribution in [0.2, 0.25) is 0 Å². The van der Waals surface area contributed by atoms with Crippen LogP contribution in [0.25, 0.3) is 0 Å². The van der Waals surface area contributed by atoms with E-state index in [1.807, 2.05) is 18.2 Å². The predicted octanol–water partition coefficient (Wildman–Crippen LogP) is 2.94. The Bertz CT molecular complexity index is 708. The highest BCUT2D eigenvalue weighted by Gasteiger charge is 2.11. The van der Waals surface area contributed by atoms with Gasteiger partial charge in [-0.15, -0.1) is 11.3 Å². The number of hydrogen-bond donors (Lipinski definition) is 1. The summed E-state index contributed by atoms with van der Waals surface area (Å²) >= 11 is 1.21. The standard InChI is InChI=1S/C17H19NO4S/c1-11(19)15-6-7-16(23-15)17(20)18-9-8-12-4-5-13(21-2)14(10-12)22-3/h4-7,10H,8-9H2,1-3H3,(H,18,20). The molecule has 1 heterocycles. The maximum absolute atomic E-state index is 12.0. The second-order valence-corrected chi connectivity index (χ2v) is 6.00. The molecule has 0 aliphatic carbocycles. The molecule has 1 aromatic heterocycles. The van der Waals surface area contributed by atoms with Crippen LogP contribution in [0.5, 0.6) is 11.5 Å². The Kier molecular flexibility index (Phi) is 5.76. The van der Waals surface area contributed by atoms with E-state index in [1.54, 1.807) is 26.4 Å². The van der Waals surface area contributed by atoms with Gasteiger partial charge in [-0.3, -0.25) is 9.59 Å². The Hall–Kier alpha value is -2.34. The van der Waals surface area contributed by atoms with Gasteiger partial charge in [0.15, 0.2) is 17.3 Å². The lowest BCUT2D eigenvalue weighted by Gasteiger charge is -2.10. The van der Waals surface area contributed by atoms with Crippen molar-refractivity contribution in [1.82, 2.24) is 5.32 Å². The molecule has 23 heavy (non-hydrogen) atoms. The van der Waals surface area contributed by atoms with Crippen molar-refractivity contribution in [1.29, 1.82) is 0 Å². The molecule has 1 N–H and O–H groups in total. The molecule has 122 valence electrons. The van der Waals surface area contributed by atoms with Crippen molar-refractivity contribution in [2.24, 2.45) is 0 Å². The van der Waals surface area contributed by atoms with Crippen LogP contribution in [0, 0.1) is 0 Å². The molecule has 0 aliphatic heterocycles. The van der Waals surface area contributed by atoms with Crippen LogP contribution in [0.1, 0.15) is 31.8 Å². The van der Waals surface area contributed by atoms with Gasteiger partial charge in [-0.1, -0.05) is 6.07 Å². The van der Waals surface area contributed by atoms with Crippen molar-refractivity contribution < 1.29 is 19.1 Å². The van der Waals surface area contributed by atoms with E-state index in [0.717, 1.165) is 5.56 Å².